The van der Waals surface area contributed by atoms with Gasteiger partial charge in [-0.05, 0) is 18.4 Å². The number of aliphatic hydroxyl groups is 1. The van der Waals surface area contributed by atoms with Gasteiger partial charge >= 0.3 is 0 Å². The maximum atomic E-state index is 9.49. The molecule has 16 heavy (non-hydrogen) atoms. The molecule has 1 aromatic carbocycles. The number of aliphatic hydroxyl groups excluding tert-OH is 1. The van der Waals surface area contributed by atoms with Crippen molar-refractivity contribution in [2.24, 2.45) is 5.73 Å². The molecule has 1 atom stereocenters. The molecule has 0 spiro atoms. The minimum Gasteiger partial charge on any atom is -0.393 e. The average Bonchev–Trinajstić information content (AvgIpc) is 2.34. The molecule has 2 rings (SSSR count). The summed E-state index contributed by atoms with van der Waals surface area (Å²) in [5, 5.41) is 9.49. The van der Waals surface area contributed by atoms with Crippen molar-refractivity contribution in [1.82, 2.24) is 4.90 Å². The molecule has 0 aromatic heterocycles. The Bertz CT molecular complexity index is 307. The second kappa shape index (κ2) is 5.43. The molecule has 1 aliphatic rings. The fourth-order valence-corrected chi connectivity index (χ4v) is 2.37. The van der Waals surface area contributed by atoms with Crippen molar-refractivity contribution in [2.45, 2.75) is 25.0 Å². The van der Waals surface area contributed by atoms with Crippen LogP contribution in [-0.2, 0) is 0 Å². The van der Waals surface area contributed by atoms with E-state index in [1.54, 1.807) is 0 Å². The first-order valence-corrected chi connectivity index (χ1v) is 5.98. The van der Waals surface area contributed by atoms with Crippen LogP contribution in [0.2, 0.25) is 0 Å². The second-order valence-electron chi connectivity index (χ2n) is 4.43. The van der Waals surface area contributed by atoms with Gasteiger partial charge in [-0.3, -0.25) is 4.90 Å². The lowest BCUT2D eigenvalue weighted by Crippen LogP contribution is -2.41. The van der Waals surface area contributed by atoms with Crippen molar-refractivity contribution in [3.05, 3.63) is 35.9 Å². The fourth-order valence-electron chi connectivity index (χ4n) is 2.37. The number of nitrogens with two attached hydrogens (primary N) is 1. The largest absolute Gasteiger partial charge is 0.393 e. The van der Waals surface area contributed by atoms with Gasteiger partial charge in [-0.2, -0.15) is 0 Å². The number of rotatable bonds is 3. The molecular formula is C13H20N2O. The first-order chi connectivity index (χ1) is 7.81. The maximum absolute atomic E-state index is 9.49. The van der Waals surface area contributed by atoms with E-state index in [0.717, 1.165) is 25.9 Å². The number of nitrogens with zero attached hydrogens (tertiary/aromatic N) is 1. The first kappa shape index (κ1) is 11.6. The van der Waals surface area contributed by atoms with Crippen LogP contribution in [0.1, 0.15) is 24.4 Å². The molecule has 3 heteroatoms. The van der Waals surface area contributed by atoms with Crippen molar-refractivity contribution in [3.8, 4) is 0 Å². The van der Waals surface area contributed by atoms with Crippen LogP contribution in [0.3, 0.4) is 0 Å². The van der Waals surface area contributed by atoms with Crippen molar-refractivity contribution in [2.75, 3.05) is 19.6 Å². The molecule has 1 aromatic rings. The molecule has 1 aliphatic heterocycles. The Kier molecular flexibility index (Phi) is 3.93. The van der Waals surface area contributed by atoms with E-state index in [0.29, 0.717) is 12.6 Å². The van der Waals surface area contributed by atoms with Gasteiger partial charge in [0.1, 0.15) is 0 Å². The monoisotopic (exact) mass is 220 g/mol. The van der Waals surface area contributed by atoms with Gasteiger partial charge in [0.2, 0.25) is 0 Å². The third-order valence-corrected chi connectivity index (χ3v) is 3.35. The van der Waals surface area contributed by atoms with Crippen LogP contribution in [0, 0.1) is 0 Å². The van der Waals surface area contributed by atoms with Crippen LogP contribution in [0.4, 0.5) is 0 Å². The zero-order chi connectivity index (χ0) is 11.4. The summed E-state index contributed by atoms with van der Waals surface area (Å²) in [6.45, 7) is 2.52. The summed E-state index contributed by atoms with van der Waals surface area (Å²) in [6, 6.07) is 10.7. The van der Waals surface area contributed by atoms with E-state index in [1.807, 2.05) is 6.07 Å². The average molecular weight is 220 g/mol. The lowest BCUT2D eigenvalue weighted by molar-refractivity contribution is 0.0622. The number of piperidine rings is 1. The summed E-state index contributed by atoms with van der Waals surface area (Å²) in [4.78, 5) is 2.38. The molecule has 1 fully saturated rings. The second-order valence-corrected chi connectivity index (χ2v) is 4.43. The summed E-state index contributed by atoms with van der Waals surface area (Å²) in [5.74, 6) is 0. The highest BCUT2D eigenvalue weighted by molar-refractivity contribution is 5.19. The summed E-state index contributed by atoms with van der Waals surface area (Å²) >= 11 is 0. The molecule has 0 radical (unpaired) electrons. The molecule has 3 N–H and O–H groups in total. The highest BCUT2D eigenvalue weighted by Gasteiger charge is 2.23. The Morgan fingerprint density at radius 1 is 1.25 bits per heavy atom. The van der Waals surface area contributed by atoms with Crippen molar-refractivity contribution in [1.29, 1.82) is 0 Å². The zero-order valence-corrected chi connectivity index (χ0v) is 9.55. The first-order valence-electron chi connectivity index (χ1n) is 5.98. The Balaban J connectivity index is 2.05. The molecule has 3 nitrogen and oxygen atoms in total. The summed E-state index contributed by atoms with van der Waals surface area (Å²) in [6.07, 6.45) is 1.61. The Morgan fingerprint density at radius 3 is 2.44 bits per heavy atom. The minimum absolute atomic E-state index is 0.120. The molecule has 0 aliphatic carbocycles. The van der Waals surface area contributed by atoms with Crippen LogP contribution in [0.15, 0.2) is 30.3 Å². The van der Waals surface area contributed by atoms with Gasteiger partial charge in [-0.25, -0.2) is 0 Å². The quantitative estimate of drug-likeness (QED) is 0.803. The number of hydrogen-bond donors (Lipinski definition) is 2. The SMILES string of the molecule is NCC(c1ccccc1)N1CCC(O)CC1. The van der Waals surface area contributed by atoms with Crippen LogP contribution >= 0.6 is 0 Å². The smallest absolute Gasteiger partial charge is 0.0564 e. The Morgan fingerprint density at radius 2 is 1.88 bits per heavy atom. The lowest BCUT2D eigenvalue weighted by atomic mass is 10.0. The molecular weight excluding hydrogens is 200 g/mol. The molecule has 88 valence electrons. The third kappa shape index (κ3) is 2.61. The van der Waals surface area contributed by atoms with E-state index >= 15 is 0 Å². The molecule has 0 amide bonds. The standard InChI is InChI=1S/C13H20N2O/c14-10-13(11-4-2-1-3-5-11)15-8-6-12(16)7-9-15/h1-5,12-13,16H,6-10,14H2. The van der Waals surface area contributed by atoms with Gasteiger partial charge < -0.3 is 10.8 Å². The highest BCUT2D eigenvalue weighted by atomic mass is 16.3. The Hall–Kier alpha value is -0.900. The van der Waals surface area contributed by atoms with E-state index in [2.05, 4.69) is 29.2 Å². The van der Waals surface area contributed by atoms with Gasteiger partial charge in [0.05, 0.1) is 6.10 Å². The van der Waals surface area contributed by atoms with Gasteiger partial charge in [0.25, 0.3) is 0 Å². The van der Waals surface area contributed by atoms with Crippen LogP contribution < -0.4 is 5.73 Å². The molecule has 1 heterocycles. The van der Waals surface area contributed by atoms with Gasteiger partial charge in [0.15, 0.2) is 0 Å². The predicted octanol–water partition coefficient (Wildman–Crippen LogP) is 1.14. The van der Waals surface area contributed by atoms with Crippen molar-refractivity contribution in [3.63, 3.8) is 0 Å². The van der Waals surface area contributed by atoms with Crippen molar-refractivity contribution >= 4 is 0 Å². The van der Waals surface area contributed by atoms with E-state index < -0.39 is 0 Å². The van der Waals surface area contributed by atoms with Gasteiger partial charge in [-0.1, -0.05) is 30.3 Å². The van der Waals surface area contributed by atoms with E-state index in [9.17, 15) is 5.11 Å². The summed E-state index contributed by atoms with van der Waals surface area (Å²) in [7, 11) is 0. The van der Waals surface area contributed by atoms with Crippen LogP contribution in [-0.4, -0.2) is 35.7 Å². The molecule has 0 saturated carbocycles. The topological polar surface area (TPSA) is 49.5 Å². The third-order valence-electron chi connectivity index (χ3n) is 3.35. The van der Waals surface area contributed by atoms with Crippen LogP contribution in [0.25, 0.3) is 0 Å². The van der Waals surface area contributed by atoms with E-state index in [-0.39, 0.29) is 6.10 Å². The van der Waals surface area contributed by atoms with E-state index in [1.165, 1.54) is 5.56 Å². The van der Waals surface area contributed by atoms with Crippen molar-refractivity contribution < 1.29 is 5.11 Å². The zero-order valence-electron chi connectivity index (χ0n) is 9.55. The summed E-state index contributed by atoms with van der Waals surface area (Å²) < 4.78 is 0. The number of benzene rings is 1. The predicted molar refractivity (Wildman–Crippen MR) is 65.1 cm³/mol. The van der Waals surface area contributed by atoms with Crippen LogP contribution in [0.5, 0.6) is 0 Å². The number of likely N-dealkylation sites (tertiary alicyclic amines) is 1. The highest BCUT2D eigenvalue weighted by Crippen LogP contribution is 2.23. The molecule has 1 saturated heterocycles. The van der Waals surface area contributed by atoms with Gasteiger partial charge in [0, 0.05) is 25.7 Å². The summed E-state index contributed by atoms with van der Waals surface area (Å²) in [5.41, 5.74) is 7.15. The Labute approximate surface area is 96.9 Å². The normalized spacial score (nSPS) is 20.9. The molecule has 1 unspecified atom stereocenters. The maximum Gasteiger partial charge on any atom is 0.0564 e. The lowest BCUT2D eigenvalue weighted by Gasteiger charge is -2.35. The minimum atomic E-state index is -0.120. The van der Waals surface area contributed by atoms with E-state index in [4.69, 9.17) is 5.73 Å². The number of hydrogen-bond acceptors (Lipinski definition) is 3. The molecule has 0 bridgehead atoms. The van der Waals surface area contributed by atoms with Gasteiger partial charge in [-0.15, -0.1) is 0 Å². The fraction of sp³-hybridized carbons (Fsp3) is 0.538.